The number of aromatic nitrogens is 1. The van der Waals surface area contributed by atoms with Crippen molar-refractivity contribution in [3.8, 4) is 0 Å². The number of aryl methyl sites for hydroxylation is 1. The van der Waals surface area contributed by atoms with Crippen LogP contribution >= 0.6 is 11.6 Å². The zero-order valence-electron chi connectivity index (χ0n) is 17.9. The molecular weight excluding hydrogens is 402 g/mol. The number of anilines is 1. The maximum absolute atomic E-state index is 13.5. The van der Waals surface area contributed by atoms with E-state index in [0.29, 0.717) is 34.1 Å². The molecule has 0 amide bonds. The van der Waals surface area contributed by atoms with E-state index in [4.69, 9.17) is 16.3 Å². The predicted molar refractivity (Wildman–Crippen MR) is 120 cm³/mol. The van der Waals surface area contributed by atoms with Crippen molar-refractivity contribution in [1.82, 2.24) is 9.47 Å². The van der Waals surface area contributed by atoms with Crippen LogP contribution in [0, 0.1) is 0 Å². The number of nitrogens with one attached hydrogen (secondary N) is 1. The highest BCUT2D eigenvalue weighted by atomic mass is 35.5. The lowest BCUT2D eigenvalue weighted by molar-refractivity contribution is -0.138. The van der Waals surface area contributed by atoms with Crippen molar-refractivity contribution in [1.29, 1.82) is 0 Å². The Kier molecular flexibility index (Phi) is 7.00. The SMILES string of the molecule is CCOC(=O)C1=C(C)Nc2ccn(CCCN(C)C)c(=O)c2C1c1cccc(Cl)c1. The molecule has 1 aliphatic heterocycles. The highest BCUT2D eigenvalue weighted by molar-refractivity contribution is 6.30. The number of hydrogen-bond donors (Lipinski definition) is 1. The Morgan fingerprint density at radius 1 is 1.30 bits per heavy atom. The largest absolute Gasteiger partial charge is 0.463 e. The summed E-state index contributed by atoms with van der Waals surface area (Å²) in [4.78, 5) is 28.4. The van der Waals surface area contributed by atoms with Crippen molar-refractivity contribution in [2.75, 3.05) is 32.6 Å². The number of carbonyl (C=O) groups is 1. The Bertz CT molecular complexity index is 1030. The second kappa shape index (κ2) is 9.49. The van der Waals surface area contributed by atoms with Gasteiger partial charge in [-0.3, -0.25) is 4.79 Å². The Labute approximate surface area is 182 Å². The maximum atomic E-state index is 13.5. The first-order valence-corrected chi connectivity index (χ1v) is 10.5. The summed E-state index contributed by atoms with van der Waals surface area (Å²) in [6, 6.07) is 9.20. The van der Waals surface area contributed by atoms with Gasteiger partial charge in [0, 0.05) is 29.1 Å². The Morgan fingerprint density at radius 3 is 2.73 bits per heavy atom. The van der Waals surface area contributed by atoms with Gasteiger partial charge in [-0.05, 0) is 64.7 Å². The zero-order valence-corrected chi connectivity index (χ0v) is 18.6. The van der Waals surface area contributed by atoms with Gasteiger partial charge in [0.1, 0.15) is 0 Å². The molecule has 1 N–H and O–H groups in total. The molecule has 7 heteroatoms. The van der Waals surface area contributed by atoms with Crippen LogP contribution in [0.2, 0.25) is 5.02 Å². The first-order chi connectivity index (χ1) is 14.3. The number of hydrogen-bond acceptors (Lipinski definition) is 5. The molecule has 3 rings (SSSR count). The third kappa shape index (κ3) is 4.60. The molecule has 30 heavy (non-hydrogen) atoms. The van der Waals surface area contributed by atoms with Gasteiger partial charge in [-0.15, -0.1) is 0 Å². The van der Waals surface area contributed by atoms with Gasteiger partial charge < -0.3 is 19.5 Å². The number of carbonyl (C=O) groups excluding carboxylic acids is 1. The minimum absolute atomic E-state index is 0.113. The van der Waals surface area contributed by atoms with E-state index >= 15 is 0 Å². The number of allylic oxidation sites excluding steroid dienone is 1. The van der Waals surface area contributed by atoms with Crippen LogP contribution in [0.4, 0.5) is 5.69 Å². The molecule has 1 aromatic heterocycles. The number of fused-ring (bicyclic) bond motifs is 1. The number of pyridine rings is 1. The number of benzene rings is 1. The van der Waals surface area contributed by atoms with E-state index in [1.165, 1.54) is 0 Å². The monoisotopic (exact) mass is 429 g/mol. The lowest BCUT2D eigenvalue weighted by atomic mass is 9.81. The fourth-order valence-corrected chi connectivity index (χ4v) is 4.04. The lowest BCUT2D eigenvalue weighted by Crippen LogP contribution is -2.33. The fraction of sp³-hybridized carbons (Fsp3) is 0.391. The van der Waals surface area contributed by atoms with E-state index < -0.39 is 11.9 Å². The third-order valence-electron chi connectivity index (χ3n) is 5.19. The van der Waals surface area contributed by atoms with Gasteiger partial charge in [-0.25, -0.2) is 4.79 Å². The van der Waals surface area contributed by atoms with Gasteiger partial charge >= 0.3 is 5.97 Å². The smallest absolute Gasteiger partial charge is 0.336 e. The molecule has 0 fully saturated rings. The third-order valence-corrected chi connectivity index (χ3v) is 5.42. The second-order valence-electron chi connectivity index (χ2n) is 7.67. The average Bonchev–Trinajstić information content (AvgIpc) is 2.68. The van der Waals surface area contributed by atoms with Crippen molar-refractivity contribution in [3.05, 3.63) is 74.3 Å². The first kappa shape index (κ1) is 22.1. The molecule has 0 radical (unpaired) electrons. The van der Waals surface area contributed by atoms with Gasteiger partial charge in [0.2, 0.25) is 0 Å². The van der Waals surface area contributed by atoms with Crippen LogP contribution in [0.1, 0.15) is 37.3 Å². The van der Waals surface area contributed by atoms with Crippen LogP contribution < -0.4 is 10.9 Å². The summed E-state index contributed by atoms with van der Waals surface area (Å²) >= 11 is 6.25. The molecule has 2 aromatic rings. The standard InChI is InChI=1S/C23H28ClN3O3/c1-5-30-23(29)19-15(2)25-18-10-13-27(12-7-11-26(3)4)22(28)21(18)20(19)16-8-6-9-17(24)14-16/h6,8-10,13-14,20,25H,5,7,11-12H2,1-4H3. The summed E-state index contributed by atoms with van der Waals surface area (Å²) in [5.74, 6) is -0.978. The molecule has 1 atom stereocenters. The zero-order chi connectivity index (χ0) is 21.8. The van der Waals surface area contributed by atoms with Crippen LogP contribution in [0.25, 0.3) is 0 Å². The van der Waals surface area contributed by atoms with Gasteiger partial charge in [-0.1, -0.05) is 23.7 Å². The quantitative estimate of drug-likeness (QED) is 0.677. The molecule has 0 spiro atoms. The van der Waals surface area contributed by atoms with Gasteiger partial charge in [-0.2, -0.15) is 0 Å². The van der Waals surface area contributed by atoms with Crippen molar-refractivity contribution in [2.45, 2.75) is 32.7 Å². The molecule has 1 unspecified atom stereocenters. The van der Waals surface area contributed by atoms with Crippen molar-refractivity contribution in [3.63, 3.8) is 0 Å². The van der Waals surface area contributed by atoms with E-state index in [2.05, 4.69) is 10.2 Å². The first-order valence-electron chi connectivity index (χ1n) is 10.1. The number of rotatable bonds is 7. The Morgan fingerprint density at radius 2 is 2.07 bits per heavy atom. The molecule has 1 aliphatic rings. The van der Waals surface area contributed by atoms with Crippen LogP contribution in [0.5, 0.6) is 0 Å². The van der Waals surface area contributed by atoms with Gasteiger partial charge in [0.25, 0.3) is 5.56 Å². The lowest BCUT2D eigenvalue weighted by Gasteiger charge is -2.30. The van der Waals surface area contributed by atoms with E-state index in [-0.39, 0.29) is 12.2 Å². The van der Waals surface area contributed by atoms with Crippen LogP contribution in [-0.2, 0) is 16.1 Å². The fourth-order valence-electron chi connectivity index (χ4n) is 3.84. The van der Waals surface area contributed by atoms with Crippen LogP contribution in [-0.4, -0.2) is 42.7 Å². The highest BCUT2D eigenvalue weighted by Crippen LogP contribution is 2.40. The normalized spacial score (nSPS) is 15.7. The number of esters is 1. The summed E-state index contributed by atoms with van der Waals surface area (Å²) in [6.07, 6.45) is 2.65. The van der Waals surface area contributed by atoms with Crippen molar-refractivity contribution >= 4 is 23.3 Å². The molecular formula is C23H28ClN3O3. The predicted octanol–water partition coefficient (Wildman–Crippen LogP) is 3.85. The molecule has 0 bridgehead atoms. The van der Waals surface area contributed by atoms with Crippen LogP contribution in [0.3, 0.4) is 0 Å². The summed E-state index contributed by atoms with van der Waals surface area (Å²) in [5, 5.41) is 3.78. The Hall–Kier alpha value is -2.57. The minimum atomic E-state index is -0.548. The van der Waals surface area contributed by atoms with E-state index in [0.717, 1.165) is 18.5 Å². The second-order valence-corrected chi connectivity index (χ2v) is 8.11. The van der Waals surface area contributed by atoms with Crippen molar-refractivity contribution in [2.24, 2.45) is 0 Å². The summed E-state index contributed by atoms with van der Waals surface area (Å²) in [5.41, 5.74) is 3.04. The minimum Gasteiger partial charge on any atom is -0.463 e. The molecule has 6 nitrogen and oxygen atoms in total. The summed E-state index contributed by atoms with van der Waals surface area (Å²) < 4.78 is 7.04. The molecule has 160 valence electrons. The van der Waals surface area contributed by atoms with E-state index in [9.17, 15) is 9.59 Å². The molecule has 0 saturated heterocycles. The molecule has 1 aromatic carbocycles. The van der Waals surface area contributed by atoms with Gasteiger partial charge in [0.15, 0.2) is 0 Å². The van der Waals surface area contributed by atoms with Crippen LogP contribution in [0.15, 0.2) is 52.6 Å². The van der Waals surface area contributed by atoms with Crippen molar-refractivity contribution < 1.29 is 9.53 Å². The average molecular weight is 430 g/mol. The topological polar surface area (TPSA) is 63.6 Å². The van der Waals surface area contributed by atoms with E-state index in [1.54, 1.807) is 23.6 Å². The summed E-state index contributed by atoms with van der Waals surface area (Å²) in [7, 11) is 4.02. The Balaban J connectivity index is 2.14. The van der Waals surface area contributed by atoms with Gasteiger partial charge in [0.05, 0.1) is 23.7 Å². The highest BCUT2D eigenvalue weighted by Gasteiger charge is 2.35. The molecule has 0 aliphatic carbocycles. The maximum Gasteiger partial charge on any atom is 0.336 e. The molecule has 2 heterocycles. The number of halogens is 1. The molecule has 0 saturated carbocycles. The number of ether oxygens (including phenoxy) is 1. The van der Waals surface area contributed by atoms with E-state index in [1.807, 2.05) is 45.4 Å². The number of nitrogens with zero attached hydrogens (tertiary/aromatic N) is 2. The summed E-state index contributed by atoms with van der Waals surface area (Å²) in [6.45, 7) is 5.34.